The zero-order chi connectivity index (χ0) is 23.2. The Morgan fingerprint density at radius 1 is 1.22 bits per heavy atom. The monoisotopic (exact) mass is 521 g/mol. The number of methoxy groups -OCH3 is 2. The normalized spacial score (nSPS) is 15.5. The van der Waals surface area contributed by atoms with Gasteiger partial charge in [-0.3, -0.25) is 9.59 Å². The van der Waals surface area contributed by atoms with Crippen LogP contribution in [0.1, 0.15) is 39.7 Å². The second-order valence-electron chi connectivity index (χ2n) is 7.57. The molecule has 0 saturated heterocycles. The lowest BCUT2D eigenvalue weighted by molar-refractivity contribution is 0.0707. The van der Waals surface area contributed by atoms with Crippen LogP contribution in [0.25, 0.3) is 11.0 Å². The SMILES string of the molecule is COCCCN1C(=O)c2oc3cc(C)c(Cl)cc3c(=O)c2C1c1cc(Br)c(O)c(OC)c1. The first-order chi connectivity index (χ1) is 15.3. The van der Waals surface area contributed by atoms with Crippen LogP contribution in [0.5, 0.6) is 11.5 Å². The summed E-state index contributed by atoms with van der Waals surface area (Å²) in [7, 11) is 3.02. The van der Waals surface area contributed by atoms with Gasteiger partial charge in [-0.05, 0) is 64.7 Å². The molecular weight excluding hydrogens is 502 g/mol. The van der Waals surface area contributed by atoms with Crippen LogP contribution in [0.3, 0.4) is 0 Å². The Bertz CT molecular complexity index is 1290. The molecule has 2 aromatic carbocycles. The predicted molar refractivity (Wildman–Crippen MR) is 124 cm³/mol. The van der Waals surface area contributed by atoms with Gasteiger partial charge in [-0.25, -0.2) is 0 Å². The van der Waals surface area contributed by atoms with E-state index < -0.39 is 6.04 Å². The Labute approximate surface area is 197 Å². The van der Waals surface area contributed by atoms with Gasteiger partial charge in [-0.1, -0.05) is 11.6 Å². The molecule has 3 aromatic rings. The summed E-state index contributed by atoms with van der Waals surface area (Å²) >= 11 is 9.59. The Morgan fingerprint density at radius 2 is 1.97 bits per heavy atom. The van der Waals surface area contributed by atoms with Gasteiger partial charge in [-0.2, -0.15) is 0 Å². The summed E-state index contributed by atoms with van der Waals surface area (Å²) in [5.41, 5.74) is 1.57. The lowest BCUT2D eigenvalue weighted by Gasteiger charge is -2.25. The summed E-state index contributed by atoms with van der Waals surface area (Å²) in [6, 6.07) is 5.79. The maximum absolute atomic E-state index is 13.6. The summed E-state index contributed by atoms with van der Waals surface area (Å²) in [5, 5.41) is 11.0. The Kier molecular flexibility index (Phi) is 6.20. The number of benzene rings is 2. The van der Waals surface area contributed by atoms with Gasteiger partial charge in [0.15, 0.2) is 16.9 Å². The van der Waals surface area contributed by atoms with Crippen LogP contribution in [0, 0.1) is 6.92 Å². The van der Waals surface area contributed by atoms with E-state index in [9.17, 15) is 14.7 Å². The van der Waals surface area contributed by atoms with E-state index in [-0.39, 0.29) is 34.2 Å². The molecule has 1 N–H and O–H groups in total. The molecule has 1 aromatic heterocycles. The molecule has 2 heterocycles. The molecule has 32 heavy (non-hydrogen) atoms. The van der Waals surface area contributed by atoms with E-state index in [0.717, 1.165) is 5.56 Å². The Morgan fingerprint density at radius 3 is 2.66 bits per heavy atom. The number of carbonyl (C=O) groups excluding carboxylic acids is 1. The van der Waals surface area contributed by atoms with Gasteiger partial charge in [0.25, 0.3) is 5.91 Å². The van der Waals surface area contributed by atoms with Crippen LogP contribution in [-0.4, -0.2) is 43.3 Å². The van der Waals surface area contributed by atoms with Crippen molar-refractivity contribution in [2.45, 2.75) is 19.4 Å². The Balaban J connectivity index is 1.98. The van der Waals surface area contributed by atoms with E-state index in [0.29, 0.717) is 45.6 Å². The van der Waals surface area contributed by atoms with E-state index in [1.807, 2.05) is 0 Å². The predicted octanol–water partition coefficient (Wildman–Crippen LogP) is 4.81. The van der Waals surface area contributed by atoms with Crippen LogP contribution < -0.4 is 10.2 Å². The number of ether oxygens (including phenoxy) is 2. The minimum absolute atomic E-state index is 0.00908. The molecule has 0 bridgehead atoms. The van der Waals surface area contributed by atoms with Crippen LogP contribution in [0.2, 0.25) is 5.02 Å². The van der Waals surface area contributed by atoms with Gasteiger partial charge in [0, 0.05) is 25.3 Å². The van der Waals surface area contributed by atoms with Crippen molar-refractivity contribution in [1.82, 2.24) is 4.90 Å². The Hall–Kier alpha value is -2.55. The van der Waals surface area contributed by atoms with Gasteiger partial charge in [-0.15, -0.1) is 0 Å². The molecule has 1 atom stereocenters. The number of phenols is 1. The van der Waals surface area contributed by atoms with Crippen LogP contribution in [0.4, 0.5) is 0 Å². The lowest BCUT2D eigenvalue weighted by atomic mass is 9.97. The first-order valence-corrected chi connectivity index (χ1v) is 11.1. The third-order valence-electron chi connectivity index (χ3n) is 5.58. The second-order valence-corrected chi connectivity index (χ2v) is 8.83. The van der Waals surface area contributed by atoms with Gasteiger partial charge < -0.3 is 23.9 Å². The van der Waals surface area contributed by atoms with Crippen LogP contribution in [-0.2, 0) is 4.74 Å². The standard InChI is InChI=1S/C23H21BrClNO6/c1-11-7-16-13(10-15(11)25)20(27)18-19(12-8-14(24)21(28)17(9-12)31-3)26(5-4-6-30-2)23(29)22(18)32-16/h7-10,19,28H,4-6H2,1-3H3. The van der Waals surface area contributed by atoms with Gasteiger partial charge in [0.05, 0.1) is 28.6 Å². The quantitative estimate of drug-likeness (QED) is 0.467. The summed E-state index contributed by atoms with van der Waals surface area (Å²) in [6.45, 7) is 2.60. The van der Waals surface area contributed by atoms with Crippen molar-refractivity contribution in [2.75, 3.05) is 27.4 Å². The van der Waals surface area contributed by atoms with Crippen LogP contribution in [0.15, 0.2) is 37.9 Å². The zero-order valence-corrected chi connectivity index (χ0v) is 20.0. The third-order valence-corrected chi connectivity index (χ3v) is 6.59. The number of aryl methyl sites for hydroxylation is 1. The van der Waals surface area contributed by atoms with Crippen molar-refractivity contribution in [1.29, 1.82) is 0 Å². The van der Waals surface area contributed by atoms with E-state index in [1.54, 1.807) is 43.2 Å². The van der Waals surface area contributed by atoms with Gasteiger partial charge in [0.1, 0.15) is 5.58 Å². The molecule has 0 aliphatic carbocycles. The van der Waals surface area contributed by atoms with Crippen molar-refractivity contribution in [3.8, 4) is 11.5 Å². The minimum Gasteiger partial charge on any atom is -0.503 e. The van der Waals surface area contributed by atoms with Crippen molar-refractivity contribution < 1.29 is 23.8 Å². The number of fused-ring (bicyclic) bond motifs is 2. The van der Waals surface area contributed by atoms with Crippen molar-refractivity contribution >= 4 is 44.4 Å². The summed E-state index contributed by atoms with van der Waals surface area (Å²) < 4.78 is 16.8. The highest BCUT2D eigenvalue weighted by atomic mass is 79.9. The molecule has 0 spiro atoms. The molecule has 4 rings (SSSR count). The number of hydrogen-bond acceptors (Lipinski definition) is 6. The molecule has 0 radical (unpaired) electrons. The highest BCUT2D eigenvalue weighted by Gasteiger charge is 2.43. The molecule has 7 nitrogen and oxygen atoms in total. The fourth-order valence-corrected chi connectivity index (χ4v) is 4.63. The topological polar surface area (TPSA) is 89.2 Å². The fraction of sp³-hybridized carbons (Fsp3) is 0.304. The first-order valence-electron chi connectivity index (χ1n) is 9.91. The van der Waals surface area contributed by atoms with E-state index >= 15 is 0 Å². The maximum Gasteiger partial charge on any atom is 0.290 e. The fourth-order valence-electron chi connectivity index (χ4n) is 4.00. The summed E-state index contributed by atoms with van der Waals surface area (Å²) in [6.07, 6.45) is 0.571. The number of phenolic OH excluding ortho intramolecular Hbond substituents is 1. The van der Waals surface area contributed by atoms with E-state index in [4.69, 9.17) is 25.5 Å². The average molecular weight is 523 g/mol. The second kappa shape index (κ2) is 8.77. The van der Waals surface area contributed by atoms with Crippen molar-refractivity contribution in [3.63, 3.8) is 0 Å². The molecule has 168 valence electrons. The number of rotatable bonds is 6. The van der Waals surface area contributed by atoms with E-state index in [2.05, 4.69) is 15.9 Å². The lowest BCUT2D eigenvalue weighted by Crippen LogP contribution is -2.31. The molecular formula is C23H21BrClNO6. The number of halogens is 2. The molecule has 1 aliphatic heterocycles. The molecule has 0 fully saturated rings. The number of amides is 1. The molecule has 0 saturated carbocycles. The van der Waals surface area contributed by atoms with Gasteiger partial charge >= 0.3 is 0 Å². The highest BCUT2D eigenvalue weighted by molar-refractivity contribution is 9.10. The highest BCUT2D eigenvalue weighted by Crippen LogP contribution is 2.43. The summed E-state index contributed by atoms with van der Waals surface area (Å²) in [4.78, 5) is 28.5. The van der Waals surface area contributed by atoms with Gasteiger partial charge in [0.2, 0.25) is 5.76 Å². The number of hydrogen-bond donors (Lipinski definition) is 1. The van der Waals surface area contributed by atoms with Crippen molar-refractivity contribution in [2.24, 2.45) is 0 Å². The van der Waals surface area contributed by atoms with Crippen LogP contribution >= 0.6 is 27.5 Å². The van der Waals surface area contributed by atoms with E-state index in [1.165, 1.54) is 7.11 Å². The average Bonchev–Trinajstić information content (AvgIpc) is 3.04. The first kappa shape index (κ1) is 22.6. The largest absolute Gasteiger partial charge is 0.503 e. The molecule has 1 aliphatic rings. The number of nitrogens with zero attached hydrogens (tertiary/aromatic N) is 1. The molecule has 1 unspecified atom stereocenters. The maximum atomic E-state index is 13.6. The number of carbonyl (C=O) groups is 1. The minimum atomic E-state index is -0.721. The van der Waals surface area contributed by atoms with Crippen molar-refractivity contribution in [3.05, 3.63) is 66.4 Å². The smallest absolute Gasteiger partial charge is 0.290 e. The number of aromatic hydroxyl groups is 1. The third kappa shape index (κ3) is 3.66. The summed E-state index contributed by atoms with van der Waals surface area (Å²) in [5.74, 6) is -0.221. The molecule has 1 amide bonds. The molecule has 9 heteroatoms. The zero-order valence-electron chi connectivity index (χ0n) is 17.7.